The molecule has 3 aliphatic rings. The summed E-state index contributed by atoms with van der Waals surface area (Å²) in [5.41, 5.74) is 3.30. The van der Waals surface area contributed by atoms with Crippen molar-refractivity contribution in [2.45, 2.75) is 35.0 Å². The molecular formula is C27H27N5O3S. The number of nitrogens with one attached hydrogen (secondary N) is 1. The van der Waals surface area contributed by atoms with Crippen molar-refractivity contribution in [3.8, 4) is 0 Å². The molecule has 0 bridgehead atoms. The lowest BCUT2D eigenvalue weighted by atomic mass is 9.86. The number of piperidine rings is 1. The smallest absolute Gasteiger partial charge is 0.256 e. The molecule has 4 heterocycles. The van der Waals surface area contributed by atoms with Crippen molar-refractivity contribution < 1.29 is 14.6 Å². The van der Waals surface area contributed by atoms with E-state index in [9.17, 15) is 9.90 Å². The van der Waals surface area contributed by atoms with E-state index in [-0.39, 0.29) is 11.9 Å². The molecule has 3 aliphatic heterocycles. The van der Waals surface area contributed by atoms with Gasteiger partial charge in [0.25, 0.3) is 5.91 Å². The number of methoxy groups -OCH3 is 1. The standard InChI is InChI=1S/C27H27N5O3S/c1-35-16-31-22-14-17(8-9-23(22)36-25-24(31)29-11-12-30-25)13-21(18-5-4-10-28-15-18)32-26(33)19-6-2-3-7-20(19)27(32)34/h2-3,5-9,11-12,14,21,26,28,33H,4,10,13,15-16H2,1H3. The van der Waals surface area contributed by atoms with Crippen molar-refractivity contribution in [2.75, 3.05) is 31.8 Å². The summed E-state index contributed by atoms with van der Waals surface area (Å²) in [5.74, 6) is 1.76. The number of anilines is 2. The molecule has 1 aromatic heterocycles. The lowest BCUT2D eigenvalue weighted by molar-refractivity contribution is -0.000733. The highest BCUT2D eigenvalue weighted by atomic mass is 32.2. The first kappa shape index (κ1) is 23.4. The zero-order valence-corrected chi connectivity index (χ0v) is 20.7. The molecular weight excluding hydrogens is 474 g/mol. The third-order valence-corrected chi connectivity index (χ3v) is 7.94. The summed E-state index contributed by atoms with van der Waals surface area (Å²) in [7, 11) is 1.66. The maximum Gasteiger partial charge on any atom is 0.256 e. The molecule has 2 atom stereocenters. The second-order valence-corrected chi connectivity index (χ2v) is 10.1. The highest BCUT2D eigenvalue weighted by Gasteiger charge is 2.43. The molecule has 6 rings (SSSR count). The molecule has 1 amide bonds. The summed E-state index contributed by atoms with van der Waals surface area (Å²) < 4.78 is 5.50. The van der Waals surface area contributed by atoms with E-state index in [0.29, 0.717) is 30.8 Å². The van der Waals surface area contributed by atoms with Crippen molar-refractivity contribution in [3.63, 3.8) is 0 Å². The van der Waals surface area contributed by atoms with Crippen LogP contribution < -0.4 is 10.2 Å². The van der Waals surface area contributed by atoms with Gasteiger partial charge >= 0.3 is 0 Å². The molecule has 0 aliphatic carbocycles. The molecule has 0 saturated carbocycles. The van der Waals surface area contributed by atoms with Crippen LogP contribution in [0.3, 0.4) is 0 Å². The number of fused-ring (bicyclic) bond motifs is 3. The van der Waals surface area contributed by atoms with Gasteiger partial charge in [0.1, 0.15) is 11.8 Å². The van der Waals surface area contributed by atoms with E-state index in [1.54, 1.807) is 42.2 Å². The second-order valence-electron chi connectivity index (χ2n) is 9.07. The van der Waals surface area contributed by atoms with E-state index < -0.39 is 6.23 Å². The van der Waals surface area contributed by atoms with Crippen LogP contribution in [0.4, 0.5) is 11.5 Å². The van der Waals surface area contributed by atoms with Crippen LogP contribution in [0.15, 0.2) is 64.8 Å². The Labute approximate surface area is 214 Å². The van der Waals surface area contributed by atoms with Gasteiger partial charge in [0, 0.05) is 54.0 Å². The molecule has 9 heteroatoms. The average molecular weight is 502 g/mol. The van der Waals surface area contributed by atoms with E-state index in [4.69, 9.17) is 4.74 Å². The number of benzene rings is 2. The number of nitrogens with zero attached hydrogens (tertiary/aromatic N) is 4. The number of carbonyl (C=O) groups is 1. The molecule has 8 nitrogen and oxygen atoms in total. The Morgan fingerprint density at radius 2 is 2.08 bits per heavy atom. The number of hydrogen-bond acceptors (Lipinski definition) is 8. The molecule has 0 spiro atoms. The fraction of sp³-hybridized carbons (Fsp3) is 0.296. The monoisotopic (exact) mass is 501 g/mol. The largest absolute Gasteiger partial charge is 0.369 e. The molecule has 3 aromatic rings. The summed E-state index contributed by atoms with van der Waals surface area (Å²) in [5, 5.41) is 15.5. The van der Waals surface area contributed by atoms with Crippen molar-refractivity contribution in [3.05, 3.63) is 83.9 Å². The first-order valence-electron chi connectivity index (χ1n) is 12.0. The van der Waals surface area contributed by atoms with Crippen molar-refractivity contribution in [2.24, 2.45) is 0 Å². The predicted molar refractivity (Wildman–Crippen MR) is 137 cm³/mol. The molecule has 2 N–H and O–H groups in total. The summed E-state index contributed by atoms with van der Waals surface area (Å²) in [6.07, 6.45) is 6.10. The van der Waals surface area contributed by atoms with Crippen LogP contribution >= 0.6 is 11.8 Å². The van der Waals surface area contributed by atoms with Gasteiger partial charge in [-0.3, -0.25) is 9.69 Å². The maximum atomic E-state index is 13.5. The molecule has 1 saturated heterocycles. The fourth-order valence-electron chi connectivity index (χ4n) is 5.22. The van der Waals surface area contributed by atoms with Gasteiger partial charge < -0.3 is 20.1 Å². The molecule has 2 aromatic carbocycles. The van der Waals surface area contributed by atoms with E-state index in [1.807, 2.05) is 23.1 Å². The number of ether oxygens (including phenoxy) is 1. The first-order chi connectivity index (χ1) is 17.7. The average Bonchev–Trinajstić information content (AvgIpc) is 3.17. The highest BCUT2D eigenvalue weighted by Crippen LogP contribution is 2.46. The molecule has 2 radical (unpaired) electrons. The number of aliphatic hydroxyl groups is 1. The van der Waals surface area contributed by atoms with Gasteiger partial charge in [-0.2, -0.15) is 0 Å². The Balaban J connectivity index is 1.35. The number of carbonyl (C=O) groups excluding carboxylic acids is 1. The number of aromatic nitrogens is 2. The number of rotatable bonds is 6. The third kappa shape index (κ3) is 4.06. The quantitative estimate of drug-likeness (QED) is 0.530. The third-order valence-electron chi connectivity index (χ3n) is 6.90. The van der Waals surface area contributed by atoms with Gasteiger partial charge in [-0.15, -0.1) is 0 Å². The summed E-state index contributed by atoms with van der Waals surface area (Å²) in [6, 6.07) is 13.4. The zero-order chi connectivity index (χ0) is 24.6. The van der Waals surface area contributed by atoms with E-state index in [0.717, 1.165) is 45.9 Å². The van der Waals surface area contributed by atoms with Gasteiger partial charge in [0.05, 0.1) is 5.69 Å². The first-order valence-corrected chi connectivity index (χ1v) is 12.8. The maximum absolute atomic E-state index is 13.5. The minimum absolute atomic E-state index is 0.131. The molecule has 36 heavy (non-hydrogen) atoms. The van der Waals surface area contributed by atoms with Crippen LogP contribution in [-0.4, -0.2) is 58.9 Å². The van der Waals surface area contributed by atoms with Gasteiger partial charge in [-0.1, -0.05) is 36.0 Å². The van der Waals surface area contributed by atoms with Gasteiger partial charge in [-0.25, -0.2) is 9.97 Å². The van der Waals surface area contributed by atoms with Gasteiger partial charge in [-0.05, 0) is 49.6 Å². The van der Waals surface area contributed by atoms with Crippen LogP contribution in [0.2, 0.25) is 0 Å². The number of amides is 1. The van der Waals surface area contributed by atoms with Crippen molar-refractivity contribution >= 4 is 29.2 Å². The minimum atomic E-state index is -0.971. The predicted octanol–water partition coefficient (Wildman–Crippen LogP) is 3.51. The zero-order valence-electron chi connectivity index (χ0n) is 19.9. The van der Waals surface area contributed by atoms with Crippen molar-refractivity contribution in [1.29, 1.82) is 0 Å². The van der Waals surface area contributed by atoms with Crippen LogP contribution in [0, 0.1) is 12.3 Å². The van der Waals surface area contributed by atoms with Crippen molar-refractivity contribution in [1.82, 2.24) is 20.2 Å². The van der Waals surface area contributed by atoms with Gasteiger partial charge in [0.15, 0.2) is 12.0 Å². The Morgan fingerprint density at radius 1 is 1.22 bits per heavy atom. The van der Waals surface area contributed by atoms with Gasteiger partial charge in [0.2, 0.25) is 0 Å². The van der Waals surface area contributed by atoms with Crippen LogP contribution in [0.5, 0.6) is 0 Å². The molecule has 1 fully saturated rings. The Morgan fingerprint density at radius 3 is 2.89 bits per heavy atom. The molecule has 2 unspecified atom stereocenters. The number of hydrogen-bond donors (Lipinski definition) is 2. The topological polar surface area (TPSA) is 90.8 Å². The Kier molecular flexibility index (Phi) is 6.39. The van der Waals surface area contributed by atoms with Crippen LogP contribution in [0.25, 0.3) is 0 Å². The number of aliphatic hydroxyl groups excluding tert-OH is 1. The summed E-state index contributed by atoms with van der Waals surface area (Å²) >= 11 is 1.59. The summed E-state index contributed by atoms with van der Waals surface area (Å²) in [4.78, 5) is 27.2. The fourth-order valence-corrected chi connectivity index (χ4v) is 6.20. The second kappa shape index (κ2) is 9.82. The van der Waals surface area contributed by atoms with E-state index >= 15 is 0 Å². The van der Waals surface area contributed by atoms with Crippen LogP contribution in [0.1, 0.15) is 34.1 Å². The summed E-state index contributed by atoms with van der Waals surface area (Å²) in [6.45, 7) is 1.95. The van der Waals surface area contributed by atoms with E-state index in [1.165, 1.54) is 0 Å². The lowest BCUT2D eigenvalue weighted by Gasteiger charge is -2.38. The lowest BCUT2D eigenvalue weighted by Crippen LogP contribution is -2.48. The normalized spacial score (nSPS) is 20.2. The van der Waals surface area contributed by atoms with Crippen LogP contribution in [-0.2, 0) is 11.2 Å². The SMILES string of the molecule is COCN1c2cc(CC([C]3[CH]CCNC3)N3C(=O)c4ccccc4C3O)ccc2Sc2nccnc21. The Hall–Kier alpha value is -2.98. The highest BCUT2D eigenvalue weighted by molar-refractivity contribution is 7.99. The minimum Gasteiger partial charge on any atom is -0.369 e. The molecule has 184 valence electrons. The van der Waals surface area contributed by atoms with E-state index in [2.05, 4.69) is 39.9 Å². The Bertz CT molecular complexity index is 1280.